The van der Waals surface area contributed by atoms with Gasteiger partial charge in [0.1, 0.15) is 5.52 Å². The van der Waals surface area contributed by atoms with Crippen LogP contribution in [0.4, 0.5) is 0 Å². The number of aryl methyl sites for hydroxylation is 1. The fourth-order valence-corrected chi connectivity index (χ4v) is 3.53. The molecule has 3 aromatic heterocycles. The van der Waals surface area contributed by atoms with Gasteiger partial charge in [-0.05, 0) is 17.9 Å². The Morgan fingerprint density at radius 2 is 2.24 bits per heavy atom. The zero-order valence-electron chi connectivity index (χ0n) is 11.7. The van der Waals surface area contributed by atoms with Crippen LogP contribution in [0.15, 0.2) is 23.7 Å². The Morgan fingerprint density at radius 3 is 2.95 bits per heavy atom. The summed E-state index contributed by atoms with van der Waals surface area (Å²) in [5, 5.41) is 12.7. The summed E-state index contributed by atoms with van der Waals surface area (Å²) in [6, 6.07) is 4.01. The number of hydrogen-bond donors (Lipinski definition) is 1. The predicted octanol–water partition coefficient (Wildman–Crippen LogP) is 4.71. The highest BCUT2D eigenvalue weighted by atomic mass is 35.5. The van der Waals surface area contributed by atoms with Crippen LogP contribution in [-0.2, 0) is 6.54 Å². The van der Waals surface area contributed by atoms with Gasteiger partial charge in [0.05, 0.1) is 5.02 Å². The van der Waals surface area contributed by atoms with Gasteiger partial charge in [-0.1, -0.05) is 37.4 Å². The molecule has 0 aliphatic carbocycles. The van der Waals surface area contributed by atoms with Crippen LogP contribution in [0.2, 0.25) is 5.02 Å². The summed E-state index contributed by atoms with van der Waals surface area (Å²) in [4.78, 5) is 9.46. The number of imidazole rings is 1. The van der Waals surface area contributed by atoms with Crippen molar-refractivity contribution in [2.75, 3.05) is 0 Å². The molecule has 0 unspecified atom stereocenters. The van der Waals surface area contributed by atoms with Crippen LogP contribution in [0.3, 0.4) is 0 Å². The van der Waals surface area contributed by atoms with E-state index < -0.39 is 0 Å². The maximum absolute atomic E-state index is 10.1. The number of thiophene rings is 1. The molecule has 0 aromatic carbocycles. The second kappa shape index (κ2) is 6.03. The molecular weight excluding hydrogens is 306 g/mol. The molecule has 3 rings (SSSR count). The van der Waals surface area contributed by atoms with Crippen molar-refractivity contribution in [1.82, 2.24) is 14.5 Å². The van der Waals surface area contributed by atoms with E-state index in [0.29, 0.717) is 10.7 Å². The van der Waals surface area contributed by atoms with E-state index in [-0.39, 0.29) is 6.01 Å². The van der Waals surface area contributed by atoms with Gasteiger partial charge in [0.15, 0.2) is 5.65 Å². The molecule has 0 radical (unpaired) electrons. The van der Waals surface area contributed by atoms with Crippen molar-refractivity contribution in [1.29, 1.82) is 0 Å². The molecule has 3 aromatic rings. The van der Waals surface area contributed by atoms with E-state index in [4.69, 9.17) is 11.6 Å². The number of hydrogen-bond acceptors (Lipinski definition) is 4. The van der Waals surface area contributed by atoms with Crippen molar-refractivity contribution < 1.29 is 5.11 Å². The van der Waals surface area contributed by atoms with Gasteiger partial charge >= 0.3 is 0 Å². The number of aromatic hydroxyl groups is 1. The van der Waals surface area contributed by atoms with Crippen LogP contribution < -0.4 is 0 Å². The molecule has 1 N–H and O–H groups in total. The van der Waals surface area contributed by atoms with E-state index in [9.17, 15) is 5.11 Å². The summed E-state index contributed by atoms with van der Waals surface area (Å²) in [6.45, 7) is 2.87. The highest BCUT2D eigenvalue weighted by Gasteiger charge is 2.18. The summed E-state index contributed by atoms with van der Waals surface area (Å²) < 4.78 is 1.82. The van der Waals surface area contributed by atoms with E-state index >= 15 is 0 Å². The van der Waals surface area contributed by atoms with Gasteiger partial charge in [0, 0.05) is 23.2 Å². The largest absolute Gasteiger partial charge is 0.480 e. The highest BCUT2D eigenvalue weighted by molar-refractivity contribution is 7.13. The Kier molecular flexibility index (Phi) is 4.12. The smallest absolute Gasteiger partial charge is 0.296 e. The minimum Gasteiger partial charge on any atom is -0.480 e. The highest BCUT2D eigenvalue weighted by Crippen LogP contribution is 2.38. The fourth-order valence-electron chi connectivity index (χ4n) is 2.45. The summed E-state index contributed by atoms with van der Waals surface area (Å²) in [7, 11) is 0. The van der Waals surface area contributed by atoms with E-state index in [1.165, 1.54) is 0 Å². The van der Waals surface area contributed by atoms with E-state index in [0.717, 1.165) is 41.8 Å². The lowest BCUT2D eigenvalue weighted by Crippen LogP contribution is -1.99. The Bertz CT molecular complexity index is 752. The number of aromatic nitrogens is 3. The summed E-state index contributed by atoms with van der Waals surface area (Å²) in [5.41, 5.74) is 2.26. The molecule has 0 fully saturated rings. The van der Waals surface area contributed by atoms with Crippen LogP contribution in [0, 0.1) is 0 Å². The molecule has 110 valence electrons. The summed E-state index contributed by atoms with van der Waals surface area (Å²) in [6.07, 6.45) is 4.83. The molecule has 3 heterocycles. The van der Waals surface area contributed by atoms with Gasteiger partial charge in [-0.25, -0.2) is 4.98 Å². The fraction of sp³-hybridized carbons (Fsp3) is 0.333. The topological polar surface area (TPSA) is 50.9 Å². The van der Waals surface area contributed by atoms with Gasteiger partial charge in [-0.2, -0.15) is 4.98 Å². The first-order valence-corrected chi connectivity index (χ1v) is 8.25. The molecule has 0 spiro atoms. The number of halogens is 1. The van der Waals surface area contributed by atoms with Crippen molar-refractivity contribution in [3.8, 4) is 16.5 Å². The molecule has 0 amide bonds. The van der Waals surface area contributed by atoms with Crippen molar-refractivity contribution >= 4 is 34.1 Å². The second-order valence-corrected chi connectivity index (χ2v) is 6.26. The van der Waals surface area contributed by atoms with Crippen LogP contribution in [0.5, 0.6) is 6.01 Å². The van der Waals surface area contributed by atoms with Crippen molar-refractivity contribution in [3.05, 3.63) is 28.7 Å². The third-order valence-corrected chi connectivity index (χ3v) is 4.63. The average molecular weight is 322 g/mol. The summed E-state index contributed by atoms with van der Waals surface area (Å²) >= 11 is 7.98. The van der Waals surface area contributed by atoms with E-state index in [2.05, 4.69) is 16.9 Å². The molecule has 21 heavy (non-hydrogen) atoms. The van der Waals surface area contributed by atoms with Gasteiger partial charge in [-0.15, -0.1) is 11.3 Å². The first-order valence-electron chi connectivity index (χ1n) is 7.00. The van der Waals surface area contributed by atoms with Gasteiger partial charge in [0.2, 0.25) is 0 Å². The van der Waals surface area contributed by atoms with Crippen molar-refractivity contribution in [2.45, 2.75) is 32.7 Å². The molecular formula is C15H16ClN3OS. The van der Waals surface area contributed by atoms with Crippen LogP contribution in [0.25, 0.3) is 21.6 Å². The normalized spacial score (nSPS) is 11.3. The minimum absolute atomic E-state index is 0.00803. The second-order valence-electron chi connectivity index (χ2n) is 4.90. The molecule has 0 aliphatic heterocycles. The number of unbranched alkanes of at least 4 members (excludes halogenated alkanes) is 2. The van der Waals surface area contributed by atoms with Gasteiger partial charge < -0.3 is 5.11 Å². The van der Waals surface area contributed by atoms with Crippen LogP contribution >= 0.6 is 22.9 Å². The SMILES string of the molecule is CCCCCn1c(O)nc2ncc(Cl)c(-c3cccs3)c21. The Morgan fingerprint density at radius 1 is 1.38 bits per heavy atom. The zero-order valence-corrected chi connectivity index (χ0v) is 13.3. The number of fused-ring (bicyclic) bond motifs is 1. The Balaban J connectivity index is 2.18. The number of nitrogens with zero attached hydrogens (tertiary/aromatic N) is 3. The average Bonchev–Trinajstić information content (AvgIpc) is 3.08. The molecule has 0 atom stereocenters. The standard InChI is InChI=1S/C15H16ClN3OS/c1-2-3-4-7-19-13-12(11-6-5-8-21-11)10(16)9-17-14(13)18-15(19)20/h5-6,8-9H,2-4,7H2,1H3,(H,17,18,20). The van der Waals surface area contributed by atoms with Gasteiger partial charge in [-0.3, -0.25) is 4.57 Å². The lowest BCUT2D eigenvalue weighted by Gasteiger charge is -2.09. The zero-order chi connectivity index (χ0) is 14.8. The summed E-state index contributed by atoms with van der Waals surface area (Å²) in [5.74, 6) is 0. The third kappa shape index (κ3) is 2.63. The lowest BCUT2D eigenvalue weighted by atomic mass is 10.2. The molecule has 0 saturated carbocycles. The molecule has 4 nitrogen and oxygen atoms in total. The van der Waals surface area contributed by atoms with Crippen LogP contribution in [-0.4, -0.2) is 19.6 Å². The lowest BCUT2D eigenvalue weighted by molar-refractivity contribution is 0.397. The third-order valence-electron chi connectivity index (χ3n) is 3.46. The predicted molar refractivity (Wildman–Crippen MR) is 87.0 cm³/mol. The maximum Gasteiger partial charge on any atom is 0.296 e. The first-order chi connectivity index (χ1) is 10.2. The minimum atomic E-state index is 0.00803. The van der Waals surface area contributed by atoms with E-state index in [1.54, 1.807) is 17.5 Å². The van der Waals surface area contributed by atoms with Crippen LogP contribution in [0.1, 0.15) is 26.2 Å². The monoisotopic (exact) mass is 321 g/mol. The Hall–Kier alpha value is -1.59. The molecule has 0 aliphatic rings. The molecule has 0 bridgehead atoms. The van der Waals surface area contributed by atoms with E-state index in [1.807, 2.05) is 22.1 Å². The maximum atomic E-state index is 10.1. The van der Waals surface area contributed by atoms with Gasteiger partial charge in [0.25, 0.3) is 6.01 Å². The van der Waals surface area contributed by atoms with Crippen molar-refractivity contribution in [2.24, 2.45) is 0 Å². The number of rotatable bonds is 5. The first kappa shape index (κ1) is 14.4. The molecule has 0 saturated heterocycles. The molecule has 6 heteroatoms. The van der Waals surface area contributed by atoms with Crippen molar-refractivity contribution in [3.63, 3.8) is 0 Å². The number of pyridine rings is 1. The Labute approximate surface area is 132 Å². The quantitative estimate of drug-likeness (QED) is 0.692.